The van der Waals surface area contributed by atoms with E-state index in [4.69, 9.17) is 9.94 Å². The van der Waals surface area contributed by atoms with Gasteiger partial charge in [-0.15, -0.1) is 11.8 Å². The van der Waals surface area contributed by atoms with Gasteiger partial charge < -0.3 is 9.94 Å². The lowest BCUT2D eigenvalue weighted by Gasteiger charge is -2.14. The third-order valence-electron chi connectivity index (χ3n) is 2.41. The highest BCUT2D eigenvalue weighted by Crippen LogP contribution is 2.13. The summed E-state index contributed by atoms with van der Waals surface area (Å²) < 4.78 is 5.17. The number of nitrogens with one attached hydrogen (secondary N) is 1. The molecule has 0 aliphatic rings. The Morgan fingerprint density at radius 2 is 2.25 bits per heavy atom. The average molecular weight is 249 g/mol. The van der Waals surface area contributed by atoms with Crippen LogP contribution in [0.1, 0.15) is 39.5 Å². The summed E-state index contributed by atoms with van der Waals surface area (Å²) in [6.45, 7) is 4.82. The molecule has 0 radical (unpaired) electrons. The van der Waals surface area contributed by atoms with Gasteiger partial charge in [0.15, 0.2) is 0 Å². The Bertz CT molecular complexity index is 179. The van der Waals surface area contributed by atoms with E-state index in [1.54, 1.807) is 0 Å². The number of carbonyl (C=O) groups is 1. The molecule has 0 saturated carbocycles. The number of hydrogen-bond donors (Lipinski definition) is 2. The predicted molar refractivity (Wildman–Crippen MR) is 66.5 cm³/mol. The topological polar surface area (TPSA) is 58.6 Å². The molecule has 0 fully saturated rings. The molecule has 0 aliphatic heterocycles. The third kappa shape index (κ3) is 9.00. The van der Waals surface area contributed by atoms with Crippen molar-refractivity contribution in [3.63, 3.8) is 0 Å². The molecule has 16 heavy (non-hydrogen) atoms. The minimum atomic E-state index is -0.199. The molecular weight excluding hydrogens is 226 g/mol. The molecule has 0 amide bonds. The summed E-state index contributed by atoms with van der Waals surface area (Å²) in [6, 6.07) is 0. The Labute approximate surface area is 102 Å². The summed E-state index contributed by atoms with van der Waals surface area (Å²) in [5.41, 5.74) is 1.98. The van der Waals surface area contributed by atoms with Gasteiger partial charge in [-0.3, -0.25) is 4.79 Å². The predicted octanol–water partition coefficient (Wildman–Crippen LogP) is 2.42. The van der Waals surface area contributed by atoms with Crippen LogP contribution >= 0.6 is 11.8 Å². The van der Waals surface area contributed by atoms with Gasteiger partial charge in [-0.2, -0.15) is 5.48 Å². The first-order valence-corrected chi connectivity index (χ1v) is 7.00. The SMILES string of the molecule is CCCCC(CC)COC(=O)CSCNO. The molecule has 0 rings (SSSR count). The minimum Gasteiger partial charge on any atom is -0.465 e. The molecule has 0 heterocycles. The molecule has 1 unspecified atom stereocenters. The Kier molecular flexibility index (Phi) is 11.0. The van der Waals surface area contributed by atoms with Gasteiger partial charge in [-0.05, 0) is 12.3 Å². The standard InChI is InChI=1S/C11H23NO3S/c1-3-5-6-10(4-2)7-15-11(13)8-16-9-12-14/h10,12,14H,3-9H2,1-2H3. The molecule has 4 nitrogen and oxygen atoms in total. The molecule has 1 atom stereocenters. The van der Waals surface area contributed by atoms with Crippen molar-refractivity contribution >= 4 is 17.7 Å². The van der Waals surface area contributed by atoms with Gasteiger partial charge in [0.25, 0.3) is 0 Å². The number of ether oxygens (including phenoxy) is 1. The Morgan fingerprint density at radius 1 is 1.50 bits per heavy atom. The lowest BCUT2D eigenvalue weighted by molar-refractivity contribution is -0.141. The Morgan fingerprint density at radius 3 is 2.81 bits per heavy atom. The van der Waals surface area contributed by atoms with Crippen molar-refractivity contribution in [1.29, 1.82) is 0 Å². The fourth-order valence-corrected chi connectivity index (χ4v) is 1.77. The summed E-state index contributed by atoms with van der Waals surface area (Å²) in [4.78, 5) is 11.3. The van der Waals surface area contributed by atoms with Crippen molar-refractivity contribution in [2.45, 2.75) is 39.5 Å². The van der Waals surface area contributed by atoms with Gasteiger partial charge >= 0.3 is 5.97 Å². The fourth-order valence-electron chi connectivity index (χ4n) is 1.33. The zero-order valence-electron chi connectivity index (χ0n) is 10.2. The van der Waals surface area contributed by atoms with Crippen LogP contribution in [0.25, 0.3) is 0 Å². The second-order valence-corrected chi connectivity index (χ2v) is 4.74. The normalized spacial score (nSPS) is 12.4. The van der Waals surface area contributed by atoms with E-state index in [1.807, 2.05) is 5.48 Å². The van der Waals surface area contributed by atoms with Gasteiger partial charge in [-0.25, -0.2) is 0 Å². The van der Waals surface area contributed by atoms with Gasteiger partial charge in [0.1, 0.15) is 0 Å². The number of esters is 1. The summed E-state index contributed by atoms with van der Waals surface area (Å²) in [7, 11) is 0. The Balaban J connectivity index is 3.54. The van der Waals surface area contributed by atoms with Crippen molar-refractivity contribution in [3.8, 4) is 0 Å². The number of carbonyl (C=O) groups excluding carboxylic acids is 1. The summed E-state index contributed by atoms with van der Waals surface area (Å²) >= 11 is 1.30. The van der Waals surface area contributed by atoms with E-state index in [2.05, 4.69) is 13.8 Å². The van der Waals surface area contributed by atoms with Crippen molar-refractivity contribution in [1.82, 2.24) is 5.48 Å². The second kappa shape index (κ2) is 11.2. The van der Waals surface area contributed by atoms with Crippen LogP contribution < -0.4 is 5.48 Å². The molecule has 0 aromatic heterocycles. The van der Waals surface area contributed by atoms with Crippen LogP contribution in [0.15, 0.2) is 0 Å². The molecule has 0 spiro atoms. The van der Waals surface area contributed by atoms with E-state index in [-0.39, 0.29) is 11.7 Å². The monoisotopic (exact) mass is 249 g/mol. The van der Waals surface area contributed by atoms with E-state index >= 15 is 0 Å². The van der Waals surface area contributed by atoms with Crippen LogP contribution in [0.5, 0.6) is 0 Å². The molecular formula is C11H23NO3S. The zero-order valence-corrected chi connectivity index (χ0v) is 11.0. The third-order valence-corrected chi connectivity index (χ3v) is 3.18. The van der Waals surface area contributed by atoms with Crippen LogP contribution in [-0.2, 0) is 9.53 Å². The summed E-state index contributed by atoms with van der Waals surface area (Å²) in [5.74, 6) is 0.931. The molecule has 0 aromatic carbocycles. The number of thioether (sulfide) groups is 1. The number of hydroxylamine groups is 1. The quantitative estimate of drug-likeness (QED) is 0.269. The molecule has 0 aliphatic carbocycles. The Hall–Kier alpha value is -0.260. The van der Waals surface area contributed by atoms with E-state index < -0.39 is 0 Å². The summed E-state index contributed by atoms with van der Waals surface area (Å²) in [5, 5.41) is 8.31. The molecule has 2 N–H and O–H groups in total. The van der Waals surface area contributed by atoms with Crippen LogP contribution in [0.3, 0.4) is 0 Å². The van der Waals surface area contributed by atoms with Gasteiger partial charge in [0.05, 0.1) is 18.2 Å². The van der Waals surface area contributed by atoms with E-state index in [0.29, 0.717) is 18.4 Å². The highest BCUT2D eigenvalue weighted by Gasteiger charge is 2.09. The van der Waals surface area contributed by atoms with Gasteiger partial charge in [-0.1, -0.05) is 33.1 Å². The van der Waals surface area contributed by atoms with Crippen LogP contribution in [-0.4, -0.2) is 29.4 Å². The first kappa shape index (κ1) is 15.7. The van der Waals surface area contributed by atoms with Crippen molar-refractivity contribution in [2.24, 2.45) is 5.92 Å². The first-order valence-electron chi connectivity index (χ1n) is 5.84. The maximum absolute atomic E-state index is 11.3. The lowest BCUT2D eigenvalue weighted by Crippen LogP contribution is -2.16. The lowest BCUT2D eigenvalue weighted by atomic mass is 10.0. The van der Waals surface area contributed by atoms with E-state index in [0.717, 1.165) is 12.8 Å². The van der Waals surface area contributed by atoms with Gasteiger partial charge in [0, 0.05) is 0 Å². The number of unbranched alkanes of at least 4 members (excludes halogenated alkanes) is 1. The van der Waals surface area contributed by atoms with Crippen molar-refractivity contribution in [3.05, 3.63) is 0 Å². The minimum absolute atomic E-state index is 0.199. The smallest absolute Gasteiger partial charge is 0.315 e. The van der Waals surface area contributed by atoms with E-state index in [9.17, 15) is 4.79 Å². The largest absolute Gasteiger partial charge is 0.465 e. The number of rotatable bonds is 10. The zero-order chi connectivity index (χ0) is 12.2. The number of hydrogen-bond acceptors (Lipinski definition) is 5. The van der Waals surface area contributed by atoms with E-state index in [1.165, 1.54) is 24.6 Å². The maximum atomic E-state index is 11.3. The van der Waals surface area contributed by atoms with Crippen LogP contribution in [0, 0.1) is 5.92 Å². The van der Waals surface area contributed by atoms with Crippen molar-refractivity contribution in [2.75, 3.05) is 18.2 Å². The van der Waals surface area contributed by atoms with Crippen LogP contribution in [0.4, 0.5) is 0 Å². The van der Waals surface area contributed by atoms with Crippen LogP contribution in [0.2, 0.25) is 0 Å². The first-order chi connectivity index (χ1) is 7.74. The summed E-state index contributed by atoms with van der Waals surface area (Å²) in [6.07, 6.45) is 4.56. The highest BCUT2D eigenvalue weighted by atomic mass is 32.2. The van der Waals surface area contributed by atoms with Crippen molar-refractivity contribution < 1.29 is 14.7 Å². The molecule has 0 bridgehead atoms. The maximum Gasteiger partial charge on any atom is 0.315 e. The molecule has 0 aromatic rings. The second-order valence-electron chi connectivity index (χ2n) is 3.75. The molecule has 96 valence electrons. The average Bonchev–Trinajstić information content (AvgIpc) is 2.30. The molecule has 5 heteroatoms. The highest BCUT2D eigenvalue weighted by molar-refractivity contribution is 7.99. The fraction of sp³-hybridized carbons (Fsp3) is 0.909. The molecule has 0 saturated heterocycles. The van der Waals surface area contributed by atoms with Gasteiger partial charge in [0.2, 0.25) is 0 Å².